The Morgan fingerprint density at radius 3 is 3.00 bits per heavy atom. The van der Waals surface area contributed by atoms with Gasteiger partial charge in [-0.3, -0.25) is 9.48 Å². The average Bonchev–Trinajstić information content (AvgIpc) is 3.12. The van der Waals surface area contributed by atoms with Gasteiger partial charge < -0.3 is 9.72 Å². The highest BCUT2D eigenvalue weighted by Gasteiger charge is 2.20. The molecule has 3 rings (SSSR count). The summed E-state index contributed by atoms with van der Waals surface area (Å²) in [5, 5.41) is 9.35. The standard InChI is InChI=1S/C15H17N3O2S/c1-3-11(8-20-2)18-12-4-6-16-15(19)13(12)14(17-18)10-5-7-21-9-10/h4-7,9,11H,3,8H2,1-2H3,(H,16,19). The molecule has 0 aliphatic carbocycles. The summed E-state index contributed by atoms with van der Waals surface area (Å²) in [6.07, 6.45) is 2.56. The van der Waals surface area contributed by atoms with Crippen molar-refractivity contribution in [2.75, 3.05) is 13.7 Å². The lowest BCUT2D eigenvalue weighted by molar-refractivity contribution is 0.149. The van der Waals surface area contributed by atoms with Gasteiger partial charge in [-0.25, -0.2) is 0 Å². The van der Waals surface area contributed by atoms with Gasteiger partial charge in [0.1, 0.15) is 5.69 Å². The van der Waals surface area contributed by atoms with Gasteiger partial charge in [-0.05, 0) is 23.9 Å². The SMILES string of the molecule is CCC(COC)n1nc(-c2ccsc2)c2c(=O)[nH]ccc21. The lowest BCUT2D eigenvalue weighted by Crippen LogP contribution is -2.15. The number of aromatic amines is 1. The topological polar surface area (TPSA) is 59.9 Å². The lowest BCUT2D eigenvalue weighted by Gasteiger charge is -2.15. The van der Waals surface area contributed by atoms with Crippen LogP contribution in [0, 0.1) is 0 Å². The van der Waals surface area contributed by atoms with E-state index in [2.05, 4.69) is 11.9 Å². The second-order valence-corrected chi connectivity index (χ2v) is 5.67. The molecule has 0 fully saturated rings. The Bertz CT molecular complexity index is 789. The van der Waals surface area contributed by atoms with Gasteiger partial charge in [0.05, 0.1) is 23.6 Å². The third-order valence-electron chi connectivity index (χ3n) is 3.60. The summed E-state index contributed by atoms with van der Waals surface area (Å²) >= 11 is 1.60. The quantitative estimate of drug-likeness (QED) is 0.788. The fraction of sp³-hybridized carbons (Fsp3) is 0.333. The largest absolute Gasteiger partial charge is 0.382 e. The van der Waals surface area contributed by atoms with E-state index in [-0.39, 0.29) is 11.6 Å². The molecule has 0 aromatic carbocycles. The first-order chi connectivity index (χ1) is 10.3. The second kappa shape index (κ2) is 5.83. The van der Waals surface area contributed by atoms with Crippen molar-refractivity contribution in [3.63, 3.8) is 0 Å². The molecular formula is C15H17N3O2S. The summed E-state index contributed by atoms with van der Waals surface area (Å²) < 4.78 is 7.20. The van der Waals surface area contributed by atoms with E-state index < -0.39 is 0 Å². The minimum atomic E-state index is -0.104. The van der Waals surface area contributed by atoms with Gasteiger partial charge in [-0.2, -0.15) is 16.4 Å². The predicted molar refractivity (Wildman–Crippen MR) is 84.9 cm³/mol. The zero-order valence-corrected chi connectivity index (χ0v) is 12.8. The number of H-pyrrole nitrogens is 1. The maximum Gasteiger partial charge on any atom is 0.259 e. The van der Waals surface area contributed by atoms with E-state index in [4.69, 9.17) is 9.84 Å². The van der Waals surface area contributed by atoms with Crippen LogP contribution in [-0.4, -0.2) is 28.5 Å². The Labute approximate surface area is 126 Å². The van der Waals surface area contributed by atoms with Gasteiger partial charge in [0.25, 0.3) is 5.56 Å². The molecule has 1 N–H and O–H groups in total. The number of pyridine rings is 1. The summed E-state index contributed by atoms with van der Waals surface area (Å²) in [5.74, 6) is 0. The number of hydrogen-bond donors (Lipinski definition) is 1. The first kappa shape index (κ1) is 14.0. The van der Waals surface area contributed by atoms with E-state index in [0.29, 0.717) is 12.0 Å². The number of fused-ring (bicyclic) bond motifs is 1. The number of aromatic nitrogens is 3. The molecule has 0 aliphatic heterocycles. The first-order valence-electron chi connectivity index (χ1n) is 6.87. The number of thiophene rings is 1. The smallest absolute Gasteiger partial charge is 0.259 e. The molecule has 0 saturated carbocycles. The van der Waals surface area contributed by atoms with Crippen molar-refractivity contribution in [1.82, 2.24) is 14.8 Å². The molecule has 1 unspecified atom stereocenters. The molecule has 5 nitrogen and oxygen atoms in total. The van der Waals surface area contributed by atoms with Crippen molar-refractivity contribution in [3.05, 3.63) is 39.4 Å². The molecule has 3 aromatic rings. The van der Waals surface area contributed by atoms with E-state index >= 15 is 0 Å². The third-order valence-corrected chi connectivity index (χ3v) is 4.28. The minimum Gasteiger partial charge on any atom is -0.382 e. The van der Waals surface area contributed by atoms with Crippen LogP contribution in [-0.2, 0) is 4.74 Å². The first-order valence-corrected chi connectivity index (χ1v) is 7.82. The minimum absolute atomic E-state index is 0.104. The van der Waals surface area contributed by atoms with E-state index in [1.807, 2.05) is 27.6 Å². The summed E-state index contributed by atoms with van der Waals surface area (Å²) in [5.41, 5.74) is 2.46. The number of rotatable bonds is 5. The van der Waals surface area contributed by atoms with Gasteiger partial charge in [0.15, 0.2) is 0 Å². The van der Waals surface area contributed by atoms with Crippen LogP contribution >= 0.6 is 11.3 Å². The van der Waals surface area contributed by atoms with Crippen LogP contribution in [0.4, 0.5) is 0 Å². The molecule has 110 valence electrons. The Morgan fingerprint density at radius 2 is 2.33 bits per heavy atom. The Balaban J connectivity index is 2.27. The monoisotopic (exact) mass is 303 g/mol. The van der Waals surface area contributed by atoms with Crippen molar-refractivity contribution in [1.29, 1.82) is 0 Å². The molecule has 0 aliphatic rings. The molecule has 0 spiro atoms. The Hall–Kier alpha value is -1.92. The van der Waals surface area contributed by atoms with Crippen LogP contribution in [0.15, 0.2) is 33.9 Å². The molecule has 6 heteroatoms. The molecule has 0 radical (unpaired) electrons. The number of nitrogens with one attached hydrogen (secondary N) is 1. The summed E-state index contributed by atoms with van der Waals surface area (Å²) in [6.45, 7) is 2.66. The molecule has 0 amide bonds. The number of nitrogens with zero attached hydrogens (tertiary/aromatic N) is 2. The fourth-order valence-electron chi connectivity index (χ4n) is 2.53. The number of hydrogen-bond acceptors (Lipinski definition) is 4. The molecule has 3 aromatic heterocycles. The van der Waals surface area contributed by atoms with Crippen LogP contribution in [0.25, 0.3) is 22.2 Å². The average molecular weight is 303 g/mol. The maximum atomic E-state index is 12.2. The van der Waals surface area contributed by atoms with Crippen LogP contribution in [0.1, 0.15) is 19.4 Å². The van der Waals surface area contributed by atoms with Gasteiger partial charge in [0, 0.05) is 24.3 Å². The molecular weight excluding hydrogens is 286 g/mol. The van der Waals surface area contributed by atoms with Gasteiger partial charge in [0.2, 0.25) is 0 Å². The number of ether oxygens (including phenoxy) is 1. The van der Waals surface area contributed by atoms with E-state index in [9.17, 15) is 4.79 Å². The fourth-order valence-corrected chi connectivity index (χ4v) is 3.17. The maximum absolute atomic E-state index is 12.2. The second-order valence-electron chi connectivity index (χ2n) is 4.89. The third kappa shape index (κ3) is 2.41. The molecule has 21 heavy (non-hydrogen) atoms. The van der Waals surface area contributed by atoms with Gasteiger partial charge in [-0.15, -0.1) is 0 Å². The van der Waals surface area contributed by atoms with Crippen molar-refractivity contribution in [3.8, 4) is 11.3 Å². The highest BCUT2D eigenvalue weighted by atomic mass is 32.1. The zero-order chi connectivity index (χ0) is 14.8. The normalized spacial score (nSPS) is 12.9. The molecule has 0 saturated heterocycles. The van der Waals surface area contributed by atoms with Crippen molar-refractivity contribution in [2.24, 2.45) is 0 Å². The van der Waals surface area contributed by atoms with Gasteiger partial charge in [-0.1, -0.05) is 6.92 Å². The van der Waals surface area contributed by atoms with Crippen LogP contribution in [0.2, 0.25) is 0 Å². The van der Waals surface area contributed by atoms with Crippen molar-refractivity contribution in [2.45, 2.75) is 19.4 Å². The predicted octanol–water partition coefficient (Wildman–Crippen LogP) is 3.05. The van der Waals surface area contributed by atoms with Crippen molar-refractivity contribution >= 4 is 22.2 Å². The van der Waals surface area contributed by atoms with Crippen LogP contribution < -0.4 is 5.56 Å². The molecule has 3 heterocycles. The Kier molecular flexibility index (Phi) is 3.90. The molecule has 1 atom stereocenters. The highest BCUT2D eigenvalue weighted by molar-refractivity contribution is 7.08. The summed E-state index contributed by atoms with van der Waals surface area (Å²) in [7, 11) is 1.68. The summed E-state index contributed by atoms with van der Waals surface area (Å²) in [4.78, 5) is 15.0. The Morgan fingerprint density at radius 1 is 1.48 bits per heavy atom. The van der Waals surface area contributed by atoms with Crippen LogP contribution in [0.3, 0.4) is 0 Å². The van der Waals surface area contributed by atoms with E-state index in [1.54, 1.807) is 24.6 Å². The summed E-state index contributed by atoms with van der Waals surface area (Å²) in [6, 6.07) is 4.00. The molecule has 0 bridgehead atoms. The van der Waals surface area contributed by atoms with Crippen LogP contribution in [0.5, 0.6) is 0 Å². The highest BCUT2D eigenvalue weighted by Crippen LogP contribution is 2.29. The lowest BCUT2D eigenvalue weighted by atomic mass is 10.1. The number of methoxy groups -OCH3 is 1. The van der Waals surface area contributed by atoms with E-state index in [0.717, 1.165) is 23.2 Å². The van der Waals surface area contributed by atoms with E-state index in [1.165, 1.54) is 0 Å². The zero-order valence-electron chi connectivity index (χ0n) is 12.0. The van der Waals surface area contributed by atoms with Crippen molar-refractivity contribution < 1.29 is 4.74 Å². The van der Waals surface area contributed by atoms with Gasteiger partial charge >= 0.3 is 0 Å².